The molecule has 5 rings (SSSR count). The normalized spacial score (nSPS) is 12.0. The minimum Gasteiger partial charge on any atom is -0.0616 e. The van der Waals surface area contributed by atoms with Crippen LogP contribution in [0.4, 0.5) is 0 Å². The lowest BCUT2D eigenvalue weighted by Crippen LogP contribution is -1.83. The van der Waals surface area contributed by atoms with Gasteiger partial charge in [0.1, 0.15) is 0 Å². The number of fused-ring (bicyclic) bond motifs is 7. The first kappa shape index (κ1) is 13.2. The van der Waals surface area contributed by atoms with Crippen LogP contribution in [0.15, 0.2) is 72.8 Å². The average molecular weight is 277 g/mol. The molecule has 0 fully saturated rings. The molecule has 0 aromatic heterocycles. The van der Waals surface area contributed by atoms with Crippen molar-refractivity contribution in [2.75, 3.05) is 0 Å². The molecule has 4 aromatic rings. The summed E-state index contributed by atoms with van der Waals surface area (Å²) >= 11 is 0. The second-order valence-corrected chi connectivity index (χ2v) is 5.82. The SMILES string of the molecule is [B].c1ccc2c3c(ccc2c1)Cc1ccc2ccccc2c1-3. The van der Waals surface area contributed by atoms with E-state index >= 15 is 0 Å². The van der Waals surface area contributed by atoms with Gasteiger partial charge in [-0.25, -0.2) is 0 Å². The molecule has 101 valence electrons. The summed E-state index contributed by atoms with van der Waals surface area (Å²) in [6, 6.07) is 26.6. The Bertz CT molecular complexity index is 931. The van der Waals surface area contributed by atoms with Gasteiger partial charge in [0.15, 0.2) is 0 Å². The molecule has 0 atom stereocenters. The molecular formula is C21H14B. The number of hydrogen-bond acceptors (Lipinski definition) is 0. The van der Waals surface area contributed by atoms with Gasteiger partial charge in [0, 0.05) is 8.41 Å². The van der Waals surface area contributed by atoms with Crippen LogP contribution in [0.1, 0.15) is 11.1 Å². The van der Waals surface area contributed by atoms with Gasteiger partial charge >= 0.3 is 0 Å². The fourth-order valence-electron chi connectivity index (χ4n) is 3.72. The Morgan fingerprint density at radius 1 is 0.500 bits per heavy atom. The van der Waals surface area contributed by atoms with Crippen molar-refractivity contribution in [2.45, 2.75) is 6.42 Å². The van der Waals surface area contributed by atoms with E-state index in [0.717, 1.165) is 6.42 Å². The Morgan fingerprint density at radius 3 is 1.45 bits per heavy atom. The van der Waals surface area contributed by atoms with Gasteiger partial charge in [0.25, 0.3) is 0 Å². The van der Waals surface area contributed by atoms with Crippen molar-refractivity contribution in [3.8, 4) is 11.1 Å². The van der Waals surface area contributed by atoms with Crippen LogP contribution in [0.5, 0.6) is 0 Å². The Hall–Kier alpha value is -2.54. The molecule has 0 N–H and O–H groups in total. The summed E-state index contributed by atoms with van der Waals surface area (Å²) in [6.45, 7) is 0. The zero-order chi connectivity index (χ0) is 13.8. The highest BCUT2D eigenvalue weighted by atomic mass is 14.3. The van der Waals surface area contributed by atoms with E-state index in [0.29, 0.717) is 0 Å². The van der Waals surface area contributed by atoms with Crippen molar-refractivity contribution < 1.29 is 0 Å². The van der Waals surface area contributed by atoms with Gasteiger partial charge in [-0.2, -0.15) is 0 Å². The van der Waals surface area contributed by atoms with Gasteiger partial charge in [-0.15, -0.1) is 0 Å². The molecule has 1 heteroatoms. The van der Waals surface area contributed by atoms with Gasteiger partial charge in [-0.1, -0.05) is 72.8 Å². The molecule has 1 aliphatic rings. The van der Waals surface area contributed by atoms with Crippen LogP contribution in [-0.2, 0) is 6.42 Å². The summed E-state index contributed by atoms with van der Waals surface area (Å²) in [4.78, 5) is 0. The third-order valence-electron chi connectivity index (χ3n) is 4.66. The predicted octanol–water partition coefficient (Wildman–Crippen LogP) is 5.18. The molecule has 0 saturated carbocycles. The van der Waals surface area contributed by atoms with E-state index in [4.69, 9.17) is 0 Å². The minimum atomic E-state index is 0. The summed E-state index contributed by atoms with van der Waals surface area (Å²) in [5, 5.41) is 5.42. The maximum absolute atomic E-state index is 2.30. The highest BCUT2D eigenvalue weighted by Gasteiger charge is 2.22. The van der Waals surface area contributed by atoms with E-state index in [9.17, 15) is 0 Å². The first-order chi connectivity index (χ1) is 10.4. The molecule has 0 amide bonds. The maximum Gasteiger partial charge on any atom is 0 e. The Balaban J connectivity index is 0.00000125. The van der Waals surface area contributed by atoms with Crippen molar-refractivity contribution in [1.82, 2.24) is 0 Å². The Morgan fingerprint density at radius 2 is 0.955 bits per heavy atom. The molecular weight excluding hydrogens is 263 g/mol. The lowest BCUT2D eigenvalue weighted by atomic mass is 9.94. The number of hydrogen-bond donors (Lipinski definition) is 0. The van der Waals surface area contributed by atoms with E-state index in [-0.39, 0.29) is 8.41 Å². The van der Waals surface area contributed by atoms with E-state index in [1.807, 2.05) is 0 Å². The van der Waals surface area contributed by atoms with Gasteiger partial charge in [-0.05, 0) is 50.2 Å². The second-order valence-electron chi connectivity index (χ2n) is 5.82. The molecule has 0 spiro atoms. The summed E-state index contributed by atoms with van der Waals surface area (Å²) in [6.07, 6.45) is 1.06. The van der Waals surface area contributed by atoms with Crippen LogP contribution < -0.4 is 0 Å². The van der Waals surface area contributed by atoms with Gasteiger partial charge in [0.05, 0.1) is 0 Å². The van der Waals surface area contributed by atoms with Crippen LogP contribution in [0.25, 0.3) is 32.7 Å². The molecule has 0 bridgehead atoms. The van der Waals surface area contributed by atoms with Gasteiger partial charge in [-0.3, -0.25) is 0 Å². The lowest BCUT2D eigenvalue weighted by Gasteiger charge is -2.09. The van der Waals surface area contributed by atoms with Crippen LogP contribution in [0.3, 0.4) is 0 Å². The molecule has 0 saturated heterocycles. The molecule has 3 radical (unpaired) electrons. The van der Waals surface area contributed by atoms with Gasteiger partial charge in [0.2, 0.25) is 0 Å². The van der Waals surface area contributed by atoms with Crippen molar-refractivity contribution in [2.24, 2.45) is 0 Å². The fourth-order valence-corrected chi connectivity index (χ4v) is 3.72. The zero-order valence-corrected chi connectivity index (χ0v) is 12.2. The van der Waals surface area contributed by atoms with Crippen molar-refractivity contribution in [3.63, 3.8) is 0 Å². The van der Waals surface area contributed by atoms with Crippen molar-refractivity contribution in [3.05, 3.63) is 83.9 Å². The van der Waals surface area contributed by atoms with Crippen molar-refractivity contribution in [1.29, 1.82) is 0 Å². The van der Waals surface area contributed by atoms with Crippen molar-refractivity contribution >= 4 is 30.0 Å². The highest BCUT2D eigenvalue weighted by molar-refractivity contribution is 6.09. The molecule has 4 aromatic carbocycles. The van der Waals surface area contributed by atoms with Gasteiger partial charge < -0.3 is 0 Å². The van der Waals surface area contributed by atoms with Crippen LogP contribution in [-0.4, -0.2) is 8.41 Å². The Labute approximate surface area is 132 Å². The largest absolute Gasteiger partial charge is 0.0616 e. The molecule has 0 unspecified atom stereocenters. The van der Waals surface area contributed by atoms with E-state index in [2.05, 4.69) is 72.8 Å². The number of rotatable bonds is 0. The van der Waals surface area contributed by atoms with Crippen LogP contribution >= 0.6 is 0 Å². The number of benzene rings is 4. The average Bonchev–Trinajstić information content (AvgIpc) is 2.94. The quantitative estimate of drug-likeness (QED) is 0.342. The standard InChI is InChI=1S/C21H14.B/c1-3-7-18-14(5-1)9-11-16-13-17-12-10-15-6-2-4-8-19(15)21(17)20(16)18;/h1-12H,13H2;. The highest BCUT2D eigenvalue weighted by Crippen LogP contribution is 2.44. The predicted molar refractivity (Wildman–Crippen MR) is 95.5 cm³/mol. The Kier molecular flexibility index (Phi) is 2.83. The summed E-state index contributed by atoms with van der Waals surface area (Å²) in [5.74, 6) is 0. The van der Waals surface area contributed by atoms with Crippen LogP contribution in [0, 0.1) is 0 Å². The monoisotopic (exact) mass is 277 g/mol. The summed E-state index contributed by atoms with van der Waals surface area (Å²) in [5.41, 5.74) is 5.81. The molecule has 0 heterocycles. The third-order valence-corrected chi connectivity index (χ3v) is 4.66. The first-order valence-corrected chi connectivity index (χ1v) is 7.43. The third kappa shape index (κ3) is 1.66. The molecule has 0 nitrogen and oxygen atoms in total. The van der Waals surface area contributed by atoms with E-state index in [1.165, 1.54) is 43.8 Å². The second kappa shape index (κ2) is 4.74. The van der Waals surface area contributed by atoms with E-state index < -0.39 is 0 Å². The first-order valence-electron chi connectivity index (χ1n) is 7.43. The lowest BCUT2D eigenvalue weighted by molar-refractivity contribution is 1.27. The zero-order valence-electron chi connectivity index (χ0n) is 12.2. The molecule has 22 heavy (non-hydrogen) atoms. The van der Waals surface area contributed by atoms with Crippen LogP contribution in [0.2, 0.25) is 0 Å². The topological polar surface area (TPSA) is 0 Å². The molecule has 1 aliphatic carbocycles. The summed E-state index contributed by atoms with van der Waals surface area (Å²) in [7, 11) is 0. The molecule has 0 aliphatic heterocycles. The summed E-state index contributed by atoms with van der Waals surface area (Å²) < 4.78 is 0. The maximum atomic E-state index is 2.30. The smallest absolute Gasteiger partial charge is 0 e. The van der Waals surface area contributed by atoms with E-state index in [1.54, 1.807) is 0 Å². The minimum absolute atomic E-state index is 0. The fraction of sp³-hybridized carbons (Fsp3) is 0.0476.